The van der Waals surface area contributed by atoms with Crippen LogP contribution in [0.5, 0.6) is 0 Å². The van der Waals surface area contributed by atoms with Gasteiger partial charge < -0.3 is 15.2 Å². The zero-order chi connectivity index (χ0) is 11.5. The molecular formula is C11H17NO3. The van der Waals surface area contributed by atoms with E-state index in [0.717, 1.165) is 0 Å². The van der Waals surface area contributed by atoms with Gasteiger partial charge in [-0.05, 0) is 6.08 Å². The van der Waals surface area contributed by atoms with Crippen LogP contribution >= 0.6 is 0 Å². The first-order valence-corrected chi connectivity index (χ1v) is 4.63. The van der Waals surface area contributed by atoms with E-state index in [0.29, 0.717) is 25.6 Å². The second-order valence-electron chi connectivity index (χ2n) is 2.74. The quantitative estimate of drug-likeness (QED) is 0.353. The molecule has 0 fully saturated rings. The molecule has 0 saturated carbocycles. The van der Waals surface area contributed by atoms with Gasteiger partial charge in [0.25, 0.3) is 0 Å². The van der Waals surface area contributed by atoms with Gasteiger partial charge in [-0.3, -0.25) is 4.79 Å². The SMILES string of the molecule is C=C/C=C\C(=C)OCCOCCC(N)=O. The summed E-state index contributed by atoms with van der Waals surface area (Å²) >= 11 is 0. The third-order valence-electron chi connectivity index (χ3n) is 1.43. The zero-order valence-electron chi connectivity index (χ0n) is 8.78. The van der Waals surface area contributed by atoms with E-state index in [9.17, 15) is 4.79 Å². The van der Waals surface area contributed by atoms with Gasteiger partial charge in [0.2, 0.25) is 5.91 Å². The van der Waals surface area contributed by atoms with E-state index >= 15 is 0 Å². The van der Waals surface area contributed by atoms with Gasteiger partial charge in [0, 0.05) is 6.42 Å². The Morgan fingerprint density at radius 2 is 2.07 bits per heavy atom. The van der Waals surface area contributed by atoms with Gasteiger partial charge in [-0.15, -0.1) is 0 Å². The Balaban J connectivity index is 3.31. The highest BCUT2D eigenvalue weighted by molar-refractivity contribution is 5.73. The lowest BCUT2D eigenvalue weighted by atomic mass is 10.4. The Hall–Kier alpha value is -1.55. The van der Waals surface area contributed by atoms with Gasteiger partial charge in [0.05, 0.1) is 13.2 Å². The minimum atomic E-state index is -0.366. The Kier molecular flexibility index (Phi) is 8.09. The predicted octanol–water partition coefficient (Wildman–Crippen LogP) is 1.15. The molecule has 0 unspecified atom stereocenters. The highest BCUT2D eigenvalue weighted by Crippen LogP contribution is 1.95. The van der Waals surface area contributed by atoms with E-state index in [1.165, 1.54) is 0 Å². The van der Waals surface area contributed by atoms with Crippen molar-refractivity contribution < 1.29 is 14.3 Å². The molecule has 0 aliphatic carbocycles. The summed E-state index contributed by atoms with van der Waals surface area (Å²) in [6.07, 6.45) is 5.31. The molecule has 0 bridgehead atoms. The molecule has 0 atom stereocenters. The van der Waals surface area contributed by atoms with Crippen molar-refractivity contribution in [3.63, 3.8) is 0 Å². The van der Waals surface area contributed by atoms with Crippen LogP contribution in [0.25, 0.3) is 0 Å². The smallest absolute Gasteiger partial charge is 0.219 e. The summed E-state index contributed by atoms with van der Waals surface area (Å²) < 4.78 is 10.3. The lowest BCUT2D eigenvalue weighted by Crippen LogP contribution is -2.14. The van der Waals surface area contributed by atoms with E-state index in [4.69, 9.17) is 15.2 Å². The van der Waals surface area contributed by atoms with Crippen LogP contribution < -0.4 is 5.73 Å². The first kappa shape index (κ1) is 13.4. The summed E-state index contributed by atoms with van der Waals surface area (Å²) in [6.45, 7) is 8.31. The van der Waals surface area contributed by atoms with Crippen molar-refractivity contribution in [3.8, 4) is 0 Å². The van der Waals surface area contributed by atoms with Crippen molar-refractivity contribution in [1.29, 1.82) is 0 Å². The molecule has 0 aromatic heterocycles. The molecule has 0 aliphatic rings. The molecule has 0 aromatic carbocycles. The molecule has 84 valence electrons. The Bertz CT molecular complexity index is 246. The zero-order valence-corrected chi connectivity index (χ0v) is 8.78. The molecular weight excluding hydrogens is 194 g/mol. The van der Waals surface area contributed by atoms with Crippen LogP contribution in [0.15, 0.2) is 37.1 Å². The number of hydrogen-bond donors (Lipinski definition) is 1. The second-order valence-corrected chi connectivity index (χ2v) is 2.74. The first-order valence-electron chi connectivity index (χ1n) is 4.63. The fourth-order valence-electron chi connectivity index (χ4n) is 0.730. The molecule has 15 heavy (non-hydrogen) atoms. The summed E-state index contributed by atoms with van der Waals surface area (Å²) in [5.41, 5.74) is 4.93. The maximum Gasteiger partial charge on any atom is 0.219 e. The van der Waals surface area contributed by atoms with Gasteiger partial charge in [-0.25, -0.2) is 0 Å². The van der Waals surface area contributed by atoms with Crippen LogP contribution in [0.1, 0.15) is 6.42 Å². The highest BCUT2D eigenvalue weighted by Gasteiger charge is 1.94. The van der Waals surface area contributed by atoms with Gasteiger partial charge in [-0.2, -0.15) is 0 Å². The standard InChI is InChI=1S/C11H17NO3/c1-3-4-5-10(2)15-9-8-14-7-6-11(12)13/h3-5H,1-2,6-9H2,(H2,12,13)/b5-4-. The van der Waals surface area contributed by atoms with Crippen molar-refractivity contribution in [1.82, 2.24) is 0 Å². The van der Waals surface area contributed by atoms with Crippen LogP contribution in [-0.4, -0.2) is 25.7 Å². The van der Waals surface area contributed by atoms with Gasteiger partial charge in [-0.1, -0.05) is 25.3 Å². The van der Waals surface area contributed by atoms with Crippen LogP contribution in [0.2, 0.25) is 0 Å². The van der Waals surface area contributed by atoms with Crippen molar-refractivity contribution in [2.45, 2.75) is 6.42 Å². The minimum Gasteiger partial charge on any atom is -0.492 e. The van der Waals surface area contributed by atoms with E-state index in [1.54, 1.807) is 18.2 Å². The van der Waals surface area contributed by atoms with Crippen LogP contribution in [0.4, 0.5) is 0 Å². The summed E-state index contributed by atoms with van der Waals surface area (Å²) in [4.78, 5) is 10.3. The molecule has 0 aromatic rings. The van der Waals surface area contributed by atoms with Crippen molar-refractivity contribution in [2.75, 3.05) is 19.8 Å². The summed E-state index contributed by atoms with van der Waals surface area (Å²) in [5, 5.41) is 0. The molecule has 0 rings (SSSR count). The average molecular weight is 211 g/mol. The van der Waals surface area contributed by atoms with Gasteiger partial charge >= 0.3 is 0 Å². The third kappa shape index (κ3) is 10.4. The molecule has 0 spiro atoms. The Morgan fingerprint density at radius 1 is 1.33 bits per heavy atom. The number of carbonyl (C=O) groups is 1. The van der Waals surface area contributed by atoms with E-state index in [1.807, 2.05) is 0 Å². The lowest BCUT2D eigenvalue weighted by Gasteiger charge is -2.05. The summed E-state index contributed by atoms with van der Waals surface area (Å²) in [5.74, 6) is 0.183. The topological polar surface area (TPSA) is 61.6 Å². The third-order valence-corrected chi connectivity index (χ3v) is 1.43. The molecule has 0 heterocycles. The number of carbonyl (C=O) groups excluding carboxylic acids is 1. The van der Waals surface area contributed by atoms with Crippen LogP contribution in [0, 0.1) is 0 Å². The second kappa shape index (κ2) is 9.02. The maximum absolute atomic E-state index is 10.3. The molecule has 0 saturated heterocycles. The Labute approximate surface area is 90.0 Å². The van der Waals surface area contributed by atoms with E-state index < -0.39 is 0 Å². The first-order chi connectivity index (χ1) is 7.16. The normalized spacial score (nSPS) is 10.1. The number of ether oxygens (including phenoxy) is 2. The molecule has 0 aliphatic heterocycles. The minimum absolute atomic E-state index is 0.233. The molecule has 0 radical (unpaired) electrons. The number of allylic oxidation sites excluding steroid dienone is 3. The number of primary amides is 1. The number of rotatable bonds is 9. The fourth-order valence-corrected chi connectivity index (χ4v) is 0.730. The summed E-state index contributed by atoms with van der Waals surface area (Å²) in [6, 6.07) is 0. The maximum atomic E-state index is 10.3. The van der Waals surface area contributed by atoms with Crippen molar-refractivity contribution in [3.05, 3.63) is 37.1 Å². The Morgan fingerprint density at radius 3 is 2.67 bits per heavy atom. The van der Waals surface area contributed by atoms with Crippen molar-refractivity contribution >= 4 is 5.91 Å². The van der Waals surface area contributed by atoms with Crippen LogP contribution in [0.3, 0.4) is 0 Å². The molecule has 4 nitrogen and oxygen atoms in total. The molecule has 2 N–H and O–H groups in total. The summed E-state index contributed by atoms with van der Waals surface area (Å²) in [7, 11) is 0. The van der Waals surface area contributed by atoms with Gasteiger partial charge in [0.1, 0.15) is 12.4 Å². The number of hydrogen-bond acceptors (Lipinski definition) is 3. The highest BCUT2D eigenvalue weighted by atomic mass is 16.5. The fraction of sp³-hybridized carbons (Fsp3) is 0.364. The number of amides is 1. The monoisotopic (exact) mass is 211 g/mol. The number of nitrogens with two attached hydrogens (primary N) is 1. The average Bonchev–Trinajstić information content (AvgIpc) is 2.19. The van der Waals surface area contributed by atoms with Gasteiger partial charge in [0.15, 0.2) is 0 Å². The molecule has 1 amide bonds. The largest absolute Gasteiger partial charge is 0.492 e. The predicted molar refractivity (Wildman–Crippen MR) is 59.1 cm³/mol. The van der Waals surface area contributed by atoms with E-state index in [-0.39, 0.29) is 12.3 Å². The molecule has 4 heteroatoms. The van der Waals surface area contributed by atoms with E-state index in [2.05, 4.69) is 13.2 Å². The van der Waals surface area contributed by atoms with Crippen molar-refractivity contribution in [2.24, 2.45) is 5.73 Å². The lowest BCUT2D eigenvalue weighted by molar-refractivity contribution is -0.119. The van der Waals surface area contributed by atoms with Crippen LogP contribution in [-0.2, 0) is 14.3 Å².